The molecule has 4 nitrogen and oxygen atoms in total. The van der Waals surface area contributed by atoms with Gasteiger partial charge in [0.25, 0.3) is 5.79 Å². The van der Waals surface area contributed by atoms with E-state index in [4.69, 9.17) is 0 Å². The molecule has 0 saturated heterocycles. The molecule has 0 heterocycles. The van der Waals surface area contributed by atoms with E-state index in [0.717, 1.165) is 45.6 Å². The van der Waals surface area contributed by atoms with Crippen molar-refractivity contribution in [3.05, 3.63) is 36.7 Å². The summed E-state index contributed by atoms with van der Waals surface area (Å²) in [5.41, 5.74) is 0. The van der Waals surface area contributed by atoms with Gasteiger partial charge >= 0.3 is 5.97 Å². The van der Waals surface area contributed by atoms with E-state index in [1.807, 2.05) is 6.08 Å². The molecule has 1 fully saturated rings. The fraction of sp³-hybridized carbons (Fsp3) is 0.696. The highest BCUT2D eigenvalue weighted by Crippen LogP contribution is 2.36. The van der Waals surface area contributed by atoms with Gasteiger partial charge in [-0.3, -0.25) is 0 Å². The van der Waals surface area contributed by atoms with Gasteiger partial charge in [0.05, 0.1) is 12.9 Å². The molecule has 0 unspecified atom stereocenters. The maximum Gasteiger partial charge on any atom is 0.366 e. The van der Waals surface area contributed by atoms with Gasteiger partial charge in [0.2, 0.25) is 0 Å². The van der Waals surface area contributed by atoms with E-state index in [0.29, 0.717) is 18.3 Å². The number of rotatable bonds is 13. The molecule has 0 aromatic rings. The Labute approximate surface area is 169 Å². The number of methoxy groups -OCH3 is 1. The molecule has 1 aliphatic carbocycles. The Morgan fingerprint density at radius 2 is 2.07 bits per heavy atom. The predicted octanol–water partition coefficient (Wildman–Crippen LogP) is 5.22. The first-order chi connectivity index (χ1) is 13.3. The van der Waals surface area contributed by atoms with Crippen LogP contribution in [0.25, 0.3) is 0 Å². The van der Waals surface area contributed by atoms with Gasteiger partial charge in [-0.1, -0.05) is 57.1 Å². The first-order valence-corrected chi connectivity index (χ1v) is 10.5. The summed E-state index contributed by atoms with van der Waals surface area (Å²) in [5, 5.41) is 19.2. The minimum absolute atomic E-state index is 0.0667. The zero-order chi connectivity index (χ0) is 21.0. The van der Waals surface area contributed by atoms with Crippen LogP contribution in [-0.4, -0.2) is 29.1 Å². The largest absolute Gasteiger partial charge is 0.465 e. The van der Waals surface area contributed by atoms with Crippen LogP contribution in [0, 0.1) is 17.8 Å². The first-order valence-electron chi connectivity index (χ1n) is 10.5. The molecule has 5 heteroatoms. The monoisotopic (exact) mass is 396 g/mol. The van der Waals surface area contributed by atoms with E-state index in [1.54, 1.807) is 0 Å². The van der Waals surface area contributed by atoms with Crippen LogP contribution in [0.15, 0.2) is 36.7 Å². The molecule has 0 aromatic heterocycles. The van der Waals surface area contributed by atoms with Crippen LogP contribution in [-0.2, 0) is 9.53 Å². The van der Waals surface area contributed by atoms with E-state index in [2.05, 4.69) is 36.5 Å². The summed E-state index contributed by atoms with van der Waals surface area (Å²) in [6, 6.07) is 0. The Kier molecular flexibility index (Phi) is 11.3. The highest BCUT2D eigenvalue weighted by Gasteiger charge is 2.33. The second kappa shape index (κ2) is 12.9. The molecular weight excluding hydrogens is 359 g/mol. The molecule has 0 aliphatic heterocycles. The third kappa shape index (κ3) is 8.70. The van der Waals surface area contributed by atoms with Crippen molar-refractivity contribution in [2.45, 2.75) is 76.9 Å². The molecule has 0 bridgehead atoms. The molecule has 1 aliphatic rings. The van der Waals surface area contributed by atoms with Crippen molar-refractivity contribution in [1.82, 2.24) is 0 Å². The van der Waals surface area contributed by atoms with E-state index in [9.17, 15) is 19.4 Å². The Morgan fingerprint density at radius 1 is 1.32 bits per heavy atom. The van der Waals surface area contributed by atoms with Gasteiger partial charge in [0, 0.05) is 12.3 Å². The zero-order valence-electron chi connectivity index (χ0n) is 17.4. The normalized spacial score (nSPS) is 21.5. The van der Waals surface area contributed by atoms with Crippen LogP contribution < -0.4 is 0 Å². The fourth-order valence-electron chi connectivity index (χ4n) is 3.82. The number of carbonyl (C=O) groups excluding carboxylic acids is 1. The van der Waals surface area contributed by atoms with Gasteiger partial charge in [-0.25, -0.2) is 9.18 Å². The SMILES string of the molecule is C=C(F)[C@@H](CC=C[C@H]1CCC[C@@H]1CC=CCCC(O)(O)C(=O)OC)CCCC. The minimum atomic E-state index is -2.42. The van der Waals surface area contributed by atoms with Gasteiger partial charge < -0.3 is 14.9 Å². The molecule has 28 heavy (non-hydrogen) atoms. The average Bonchev–Trinajstić information content (AvgIpc) is 3.10. The molecule has 160 valence electrons. The van der Waals surface area contributed by atoms with E-state index >= 15 is 0 Å². The molecule has 0 radical (unpaired) electrons. The highest BCUT2D eigenvalue weighted by atomic mass is 19.1. The van der Waals surface area contributed by atoms with E-state index < -0.39 is 11.8 Å². The molecule has 0 spiro atoms. The Morgan fingerprint density at radius 3 is 2.71 bits per heavy atom. The molecule has 0 amide bonds. The number of hydrogen-bond acceptors (Lipinski definition) is 4. The summed E-state index contributed by atoms with van der Waals surface area (Å²) < 4.78 is 17.9. The van der Waals surface area contributed by atoms with Gasteiger partial charge in [-0.05, 0) is 50.4 Å². The Balaban J connectivity index is 2.41. The van der Waals surface area contributed by atoms with Crippen molar-refractivity contribution >= 4 is 5.97 Å². The van der Waals surface area contributed by atoms with Crippen LogP contribution in [0.1, 0.15) is 71.1 Å². The van der Waals surface area contributed by atoms with Crippen molar-refractivity contribution in [2.75, 3.05) is 7.11 Å². The molecule has 1 rings (SSSR count). The quantitative estimate of drug-likeness (QED) is 0.254. The van der Waals surface area contributed by atoms with Gasteiger partial charge in [-0.2, -0.15) is 0 Å². The number of unbranched alkanes of at least 4 members (excludes halogenated alkanes) is 1. The van der Waals surface area contributed by atoms with Gasteiger partial charge in [-0.15, -0.1) is 0 Å². The lowest BCUT2D eigenvalue weighted by molar-refractivity contribution is -0.208. The van der Waals surface area contributed by atoms with Crippen LogP contribution in [0.3, 0.4) is 0 Å². The third-order valence-corrected chi connectivity index (χ3v) is 5.65. The number of ether oxygens (including phenoxy) is 1. The van der Waals surface area contributed by atoms with Crippen LogP contribution in [0.5, 0.6) is 0 Å². The van der Waals surface area contributed by atoms with Crippen LogP contribution in [0.4, 0.5) is 4.39 Å². The Hall–Kier alpha value is -1.46. The number of esters is 1. The lowest BCUT2D eigenvalue weighted by Crippen LogP contribution is -2.39. The molecule has 0 aromatic carbocycles. The second-order valence-corrected chi connectivity index (χ2v) is 7.86. The van der Waals surface area contributed by atoms with Crippen LogP contribution in [0.2, 0.25) is 0 Å². The first kappa shape index (κ1) is 24.6. The molecule has 1 saturated carbocycles. The Bertz CT molecular complexity index is 539. The summed E-state index contributed by atoms with van der Waals surface area (Å²) in [6.45, 7) is 5.60. The number of halogens is 1. The molecule has 2 N–H and O–H groups in total. The van der Waals surface area contributed by atoms with Gasteiger partial charge in [0.1, 0.15) is 0 Å². The average molecular weight is 397 g/mol. The third-order valence-electron chi connectivity index (χ3n) is 5.65. The summed E-state index contributed by atoms with van der Waals surface area (Å²) in [5.74, 6) is -2.66. The topological polar surface area (TPSA) is 66.8 Å². The van der Waals surface area contributed by atoms with Crippen LogP contribution >= 0.6 is 0 Å². The van der Waals surface area contributed by atoms with Gasteiger partial charge in [0.15, 0.2) is 0 Å². The smallest absolute Gasteiger partial charge is 0.366 e. The maximum atomic E-state index is 13.6. The number of carbonyl (C=O) groups is 1. The summed E-state index contributed by atoms with van der Waals surface area (Å²) in [4.78, 5) is 11.2. The lowest BCUT2D eigenvalue weighted by atomic mass is 9.90. The van der Waals surface area contributed by atoms with Crippen molar-refractivity contribution in [1.29, 1.82) is 0 Å². The maximum absolute atomic E-state index is 13.6. The van der Waals surface area contributed by atoms with Crippen molar-refractivity contribution in [3.8, 4) is 0 Å². The summed E-state index contributed by atoms with van der Waals surface area (Å²) in [6.07, 6.45) is 16.7. The van der Waals surface area contributed by atoms with Crippen molar-refractivity contribution in [3.63, 3.8) is 0 Å². The van der Waals surface area contributed by atoms with Crippen molar-refractivity contribution < 1.29 is 24.1 Å². The van der Waals surface area contributed by atoms with E-state index in [-0.39, 0.29) is 18.2 Å². The lowest BCUT2D eigenvalue weighted by Gasteiger charge is -2.17. The minimum Gasteiger partial charge on any atom is -0.465 e. The number of aliphatic hydroxyl groups is 2. The fourth-order valence-corrected chi connectivity index (χ4v) is 3.82. The molecule has 3 atom stereocenters. The molecular formula is C23H37FO4. The standard InChI is InChI=1S/C23H37FO4/c1-4-5-11-19(18(2)24)13-9-14-21-16-10-15-20(21)12-7-6-8-17-23(26,27)22(25)28-3/h6-7,9,14,19-21,26-27H,2,4-5,8,10-13,15-17H2,1,3H3/t19-,20+,21+/m1/s1. The van der Waals surface area contributed by atoms with E-state index in [1.165, 1.54) is 12.8 Å². The summed E-state index contributed by atoms with van der Waals surface area (Å²) >= 11 is 0. The number of hydrogen-bond donors (Lipinski definition) is 2. The highest BCUT2D eigenvalue weighted by molar-refractivity contribution is 5.76. The zero-order valence-corrected chi connectivity index (χ0v) is 17.4. The number of allylic oxidation sites excluding steroid dienone is 5. The van der Waals surface area contributed by atoms with Crippen molar-refractivity contribution in [2.24, 2.45) is 17.8 Å². The second-order valence-electron chi connectivity index (χ2n) is 7.86. The predicted molar refractivity (Wildman–Crippen MR) is 110 cm³/mol. The summed E-state index contributed by atoms with van der Waals surface area (Å²) in [7, 11) is 1.13.